The zero-order valence-corrected chi connectivity index (χ0v) is 17.0. The number of nitriles is 1. The first-order valence-electron chi connectivity index (χ1n) is 6.61. The SMILES string of the molecule is N#Cc1cc(Br)c(OC(=O)CO/N=C/c2c(Cl)cccc2Cl)c(Br)c1. The molecule has 0 aromatic heterocycles. The third-order valence-corrected chi connectivity index (χ3v) is 4.62. The normalized spacial score (nSPS) is 10.5. The lowest BCUT2D eigenvalue weighted by atomic mass is 10.2. The Balaban J connectivity index is 1.96. The lowest BCUT2D eigenvalue weighted by Gasteiger charge is -2.08. The van der Waals surface area contributed by atoms with Gasteiger partial charge in [0.25, 0.3) is 0 Å². The predicted molar refractivity (Wildman–Crippen MR) is 102 cm³/mol. The fourth-order valence-electron chi connectivity index (χ4n) is 1.68. The molecular weight excluding hydrogens is 499 g/mol. The lowest BCUT2D eigenvalue weighted by molar-refractivity contribution is -0.139. The number of ether oxygens (including phenoxy) is 1. The summed E-state index contributed by atoms with van der Waals surface area (Å²) in [6.45, 7) is -0.419. The van der Waals surface area contributed by atoms with E-state index in [1.807, 2.05) is 6.07 Å². The molecule has 9 heteroatoms. The van der Waals surface area contributed by atoms with Crippen molar-refractivity contribution in [2.45, 2.75) is 0 Å². The molecule has 2 aromatic carbocycles. The number of hydrogen-bond donors (Lipinski definition) is 0. The number of oxime groups is 1. The van der Waals surface area contributed by atoms with Gasteiger partial charge in [-0.3, -0.25) is 0 Å². The third-order valence-electron chi connectivity index (χ3n) is 2.78. The van der Waals surface area contributed by atoms with Crippen LogP contribution < -0.4 is 4.74 Å². The van der Waals surface area contributed by atoms with Gasteiger partial charge in [-0.05, 0) is 56.1 Å². The fourth-order valence-corrected chi connectivity index (χ4v) is 3.52. The summed E-state index contributed by atoms with van der Waals surface area (Å²) in [5.74, 6) is -0.431. The van der Waals surface area contributed by atoms with Crippen molar-refractivity contribution >= 4 is 67.2 Å². The number of hydrogen-bond acceptors (Lipinski definition) is 5. The van der Waals surface area contributed by atoms with Gasteiger partial charge in [0.2, 0.25) is 6.61 Å². The molecule has 0 saturated carbocycles. The maximum Gasteiger partial charge on any atom is 0.352 e. The number of nitrogens with zero attached hydrogens (tertiary/aromatic N) is 2. The molecule has 0 bridgehead atoms. The van der Waals surface area contributed by atoms with E-state index in [0.717, 1.165) is 0 Å². The Hall–Kier alpha value is -1.59. The monoisotopic (exact) mass is 504 g/mol. The van der Waals surface area contributed by atoms with E-state index in [0.29, 0.717) is 30.1 Å². The molecule has 0 fully saturated rings. The molecule has 128 valence electrons. The van der Waals surface area contributed by atoms with Gasteiger partial charge in [-0.1, -0.05) is 34.4 Å². The minimum absolute atomic E-state index is 0.241. The van der Waals surface area contributed by atoms with Crippen molar-refractivity contribution in [1.29, 1.82) is 5.26 Å². The number of carbonyl (C=O) groups is 1. The highest BCUT2D eigenvalue weighted by molar-refractivity contribution is 9.11. The van der Waals surface area contributed by atoms with Crippen molar-refractivity contribution in [2.75, 3.05) is 6.61 Å². The number of benzene rings is 2. The van der Waals surface area contributed by atoms with Crippen molar-refractivity contribution < 1.29 is 14.4 Å². The van der Waals surface area contributed by atoms with Crippen LogP contribution in [0, 0.1) is 11.3 Å². The van der Waals surface area contributed by atoms with E-state index in [2.05, 4.69) is 37.0 Å². The molecule has 5 nitrogen and oxygen atoms in total. The Morgan fingerprint density at radius 3 is 2.40 bits per heavy atom. The third kappa shape index (κ3) is 5.44. The Morgan fingerprint density at radius 2 is 1.84 bits per heavy atom. The van der Waals surface area contributed by atoms with Gasteiger partial charge in [0.15, 0.2) is 5.75 Å². The number of carbonyl (C=O) groups excluding carboxylic acids is 1. The van der Waals surface area contributed by atoms with Gasteiger partial charge in [0, 0.05) is 5.56 Å². The fraction of sp³-hybridized carbons (Fsp3) is 0.0625. The second-order valence-electron chi connectivity index (χ2n) is 4.50. The smallest absolute Gasteiger partial charge is 0.352 e. The molecule has 0 aliphatic rings. The molecule has 0 N–H and O–H groups in total. The number of halogens is 4. The van der Waals surface area contributed by atoms with Crippen molar-refractivity contribution in [2.24, 2.45) is 5.16 Å². The maximum atomic E-state index is 11.8. The molecule has 0 heterocycles. The van der Waals surface area contributed by atoms with Crippen LogP contribution in [0.5, 0.6) is 5.75 Å². The first-order valence-corrected chi connectivity index (χ1v) is 8.95. The Morgan fingerprint density at radius 1 is 1.24 bits per heavy atom. The molecule has 0 spiro atoms. The average molecular weight is 507 g/mol. The van der Waals surface area contributed by atoms with Crippen LogP contribution in [0.25, 0.3) is 0 Å². The van der Waals surface area contributed by atoms with Gasteiger partial charge in [-0.15, -0.1) is 0 Å². The van der Waals surface area contributed by atoms with Crippen LogP contribution in [0.15, 0.2) is 44.4 Å². The highest BCUT2D eigenvalue weighted by Gasteiger charge is 2.14. The summed E-state index contributed by atoms with van der Waals surface area (Å²) in [7, 11) is 0. The van der Waals surface area contributed by atoms with Crippen LogP contribution >= 0.6 is 55.1 Å². The average Bonchev–Trinajstić information content (AvgIpc) is 2.56. The summed E-state index contributed by atoms with van der Waals surface area (Å²) in [6, 6.07) is 10.1. The predicted octanol–water partition coefficient (Wildman–Crippen LogP) is 5.35. The maximum absolute atomic E-state index is 11.8. The summed E-state index contributed by atoms with van der Waals surface area (Å²) < 4.78 is 6.10. The molecule has 0 unspecified atom stereocenters. The Kier molecular flexibility index (Phi) is 7.26. The number of esters is 1. The highest BCUT2D eigenvalue weighted by atomic mass is 79.9. The number of rotatable bonds is 5. The van der Waals surface area contributed by atoms with Crippen LogP contribution in [-0.4, -0.2) is 18.8 Å². The van der Waals surface area contributed by atoms with Crippen molar-refractivity contribution in [3.8, 4) is 11.8 Å². The van der Waals surface area contributed by atoms with Gasteiger partial charge in [0.1, 0.15) is 0 Å². The molecule has 0 aliphatic heterocycles. The standard InChI is InChI=1S/C16H8Br2Cl2N2O3/c17-11-4-9(6-21)5-12(18)16(11)25-15(23)8-24-22-7-10-13(19)2-1-3-14(10)20/h1-5,7H,8H2/b22-7+. The minimum Gasteiger partial charge on any atom is -0.422 e. The molecule has 0 amide bonds. The Labute approximate surface area is 170 Å². The molecule has 2 aromatic rings. The highest BCUT2D eigenvalue weighted by Crippen LogP contribution is 2.34. The van der Waals surface area contributed by atoms with Gasteiger partial charge in [-0.25, -0.2) is 4.79 Å². The molecule has 0 saturated heterocycles. The van der Waals surface area contributed by atoms with Crippen LogP contribution in [0.2, 0.25) is 10.0 Å². The second-order valence-corrected chi connectivity index (χ2v) is 7.02. The quantitative estimate of drug-likeness (QED) is 0.237. The minimum atomic E-state index is -0.673. The van der Waals surface area contributed by atoms with Crippen LogP contribution in [0.4, 0.5) is 0 Å². The summed E-state index contributed by atoms with van der Waals surface area (Å²) >= 11 is 18.4. The van der Waals surface area contributed by atoms with Crippen LogP contribution in [-0.2, 0) is 9.63 Å². The zero-order chi connectivity index (χ0) is 18.4. The van der Waals surface area contributed by atoms with Crippen LogP contribution in [0.3, 0.4) is 0 Å². The van der Waals surface area contributed by atoms with Crippen molar-refractivity contribution in [1.82, 2.24) is 0 Å². The van der Waals surface area contributed by atoms with E-state index in [1.165, 1.54) is 18.3 Å². The summed E-state index contributed by atoms with van der Waals surface area (Å²) in [6.07, 6.45) is 1.31. The molecule has 0 aliphatic carbocycles. The van der Waals surface area contributed by atoms with E-state index < -0.39 is 12.6 Å². The molecule has 25 heavy (non-hydrogen) atoms. The molecule has 0 atom stereocenters. The van der Waals surface area contributed by atoms with E-state index in [1.54, 1.807) is 18.2 Å². The van der Waals surface area contributed by atoms with E-state index in [9.17, 15) is 4.79 Å². The molecule has 0 radical (unpaired) electrons. The zero-order valence-electron chi connectivity index (χ0n) is 12.3. The van der Waals surface area contributed by atoms with E-state index >= 15 is 0 Å². The largest absolute Gasteiger partial charge is 0.422 e. The first-order chi connectivity index (χ1) is 11.9. The van der Waals surface area contributed by atoms with E-state index in [-0.39, 0.29) is 5.75 Å². The summed E-state index contributed by atoms with van der Waals surface area (Å²) in [5.41, 5.74) is 0.896. The molecular formula is C16H8Br2Cl2N2O3. The van der Waals surface area contributed by atoms with Crippen molar-refractivity contribution in [3.05, 3.63) is 60.4 Å². The van der Waals surface area contributed by atoms with Gasteiger partial charge in [-0.2, -0.15) is 5.26 Å². The Bertz CT molecular complexity index is 839. The second kappa shape index (κ2) is 9.20. The topological polar surface area (TPSA) is 71.7 Å². The van der Waals surface area contributed by atoms with Crippen LogP contribution in [0.1, 0.15) is 11.1 Å². The first kappa shape index (κ1) is 19.7. The summed E-state index contributed by atoms with van der Waals surface area (Å²) in [5, 5.41) is 13.4. The lowest BCUT2D eigenvalue weighted by Crippen LogP contribution is -2.14. The van der Waals surface area contributed by atoms with Gasteiger partial charge in [0.05, 0.1) is 36.8 Å². The molecule has 2 rings (SSSR count). The van der Waals surface area contributed by atoms with Crippen molar-refractivity contribution in [3.63, 3.8) is 0 Å². The van der Waals surface area contributed by atoms with Gasteiger partial charge < -0.3 is 9.57 Å². The van der Waals surface area contributed by atoms with E-state index in [4.69, 9.17) is 38.0 Å². The summed E-state index contributed by atoms with van der Waals surface area (Å²) in [4.78, 5) is 16.7. The van der Waals surface area contributed by atoms with Gasteiger partial charge >= 0.3 is 5.97 Å².